The van der Waals surface area contributed by atoms with E-state index in [9.17, 15) is 9.59 Å². The van der Waals surface area contributed by atoms with Crippen molar-refractivity contribution in [3.8, 4) is 0 Å². The average molecular weight is 337 g/mol. The lowest BCUT2D eigenvalue weighted by molar-refractivity contribution is -0.145. The Balaban J connectivity index is 1.94. The van der Waals surface area contributed by atoms with Crippen molar-refractivity contribution in [1.29, 1.82) is 0 Å². The maximum atomic E-state index is 12.4. The largest absolute Gasteiger partial charge is 0.467 e. The SMILES string of the molecule is COC(=O)[C@H](CC(C)C)NC(=O)C1CSC(c2cccnc2)N1. The number of nitrogens with zero attached hydrogens (tertiary/aromatic N) is 1. The van der Waals surface area contributed by atoms with E-state index < -0.39 is 12.0 Å². The van der Waals surface area contributed by atoms with Crippen LogP contribution in [0.5, 0.6) is 0 Å². The molecule has 1 saturated heterocycles. The van der Waals surface area contributed by atoms with Gasteiger partial charge in [0.2, 0.25) is 5.91 Å². The molecule has 0 radical (unpaired) electrons. The third-order valence-corrected chi connectivity index (χ3v) is 4.86. The predicted octanol–water partition coefficient (Wildman–Crippen LogP) is 1.49. The summed E-state index contributed by atoms with van der Waals surface area (Å²) in [6.45, 7) is 4.01. The second kappa shape index (κ2) is 8.31. The number of hydrogen-bond donors (Lipinski definition) is 2. The molecule has 1 aromatic heterocycles. The van der Waals surface area contributed by atoms with Crippen LogP contribution in [-0.4, -0.2) is 41.8 Å². The smallest absolute Gasteiger partial charge is 0.328 e. The molecule has 2 unspecified atom stereocenters. The van der Waals surface area contributed by atoms with Gasteiger partial charge in [0.1, 0.15) is 6.04 Å². The molecule has 0 aliphatic carbocycles. The summed E-state index contributed by atoms with van der Waals surface area (Å²) in [5.74, 6) is 0.371. The summed E-state index contributed by atoms with van der Waals surface area (Å²) >= 11 is 1.66. The maximum Gasteiger partial charge on any atom is 0.328 e. The van der Waals surface area contributed by atoms with Crippen LogP contribution in [0.1, 0.15) is 31.2 Å². The Morgan fingerprint density at radius 2 is 2.30 bits per heavy atom. The van der Waals surface area contributed by atoms with Gasteiger partial charge in [0, 0.05) is 18.1 Å². The van der Waals surface area contributed by atoms with Gasteiger partial charge in [-0.2, -0.15) is 0 Å². The van der Waals surface area contributed by atoms with Crippen molar-refractivity contribution in [2.75, 3.05) is 12.9 Å². The van der Waals surface area contributed by atoms with E-state index in [2.05, 4.69) is 15.6 Å². The van der Waals surface area contributed by atoms with Crippen LogP contribution in [0, 0.1) is 5.92 Å². The number of pyridine rings is 1. The molecule has 2 N–H and O–H groups in total. The Bertz CT molecular complexity index is 539. The molecule has 0 spiro atoms. The first-order valence-corrected chi connectivity index (χ1v) is 8.72. The Hall–Kier alpha value is -1.60. The van der Waals surface area contributed by atoms with Crippen LogP contribution >= 0.6 is 11.8 Å². The summed E-state index contributed by atoms with van der Waals surface area (Å²) in [5, 5.41) is 6.13. The highest BCUT2D eigenvalue weighted by Crippen LogP contribution is 2.32. The number of aromatic nitrogens is 1. The average Bonchev–Trinajstić information content (AvgIpc) is 3.04. The van der Waals surface area contributed by atoms with Crippen molar-refractivity contribution in [3.63, 3.8) is 0 Å². The molecule has 3 atom stereocenters. The minimum absolute atomic E-state index is 0.0427. The third kappa shape index (κ3) is 4.94. The first kappa shape index (κ1) is 17.7. The molecule has 1 aliphatic heterocycles. The number of amides is 1. The monoisotopic (exact) mass is 337 g/mol. The van der Waals surface area contributed by atoms with Crippen molar-refractivity contribution < 1.29 is 14.3 Å². The second-order valence-corrected chi connectivity index (χ2v) is 7.07. The highest BCUT2D eigenvalue weighted by molar-refractivity contribution is 7.99. The number of thioether (sulfide) groups is 1. The fourth-order valence-corrected chi connectivity index (χ4v) is 3.67. The minimum atomic E-state index is -0.600. The molecule has 2 rings (SSSR count). The van der Waals surface area contributed by atoms with Crippen molar-refractivity contribution in [2.45, 2.75) is 37.7 Å². The number of rotatable bonds is 6. The van der Waals surface area contributed by atoms with Crippen molar-refractivity contribution in [2.24, 2.45) is 5.92 Å². The molecule has 7 heteroatoms. The van der Waals surface area contributed by atoms with Crippen LogP contribution in [0.3, 0.4) is 0 Å². The summed E-state index contributed by atoms with van der Waals surface area (Å²) in [5.41, 5.74) is 1.04. The van der Waals surface area contributed by atoms with Crippen molar-refractivity contribution >= 4 is 23.6 Å². The number of carbonyl (C=O) groups excluding carboxylic acids is 2. The summed E-state index contributed by atoms with van der Waals surface area (Å²) in [4.78, 5) is 28.3. The normalized spacial score (nSPS) is 21.9. The van der Waals surface area contributed by atoms with Crippen LogP contribution in [0.15, 0.2) is 24.5 Å². The van der Waals surface area contributed by atoms with E-state index in [1.807, 2.05) is 26.0 Å². The van der Waals surface area contributed by atoms with Gasteiger partial charge in [-0.1, -0.05) is 19.9 Å². The Labute approximate surface area is 140 Å². The number of hydrogen-bond acceptors (Lipinski definition) is 6. The Morgan fingerprint density at radius 1 is 1.52 bits per heavy atom. The summed E-state index contributed by atoms with van der Waals surface area (Å²) in [6.07, 6.45) is 4.07. The van der Waals surface area contributed by atoms with E-state index in [1.165, 1.54) is 7.11 Å². The zero-order chi connectivity index (χ0) is 16.8. The molecule has 1 aromatic rings. The van der Waals surface area contributed by atoms with Gasteiger partial charge in [-0.05, 0) is 24.0 Å². The van der Waals surface area contributed by atoms with E-state index in [1.54, 1.807) is 24.2 Å². The molecule has 1 fully saturated rings. The summed E-state index contributed by atoms with van der Waals surface area (Å²) in [6, 6.07) is 2.93. The molecule has 2 heterocycles. The van der Waals surface area contributed by atoms with Crippen LogP contribution in [-0.2, 0) is 14.3 Å². The molecule has 0 saturated carbocycles. The minimum Gasteiger partial charge on any atom is -0.467 e. The molecule has 1 aliphatic rings. The van der Waals surface area contributed by atoms with Crippen LogP contribution in [0.2, 0.25) is 0 Å². The van der Waals surface area contributed by atoms with Gasteiger partial charge in [0.15, 0.2) is 0 Å². The fourth-order valence-electron chi connectivity index (χ4n) is 2.45. The van der Waals surface area contributed by atoms with Crippen molar-refractivity contribution in [3.05, 3.63) is 30.1 Å². The molecular formula is C16H23N3O3S. The molecule has 126 valence electrons. The molecule has 0 aromatic carbocycles. The van der Waals surface area contributed by atoms with E-state index in [0.29, 0.717) is 12.2 Å². The third-order valence-electron chi connectivity index (χ3n) is 3.60. The Kier molecular flexibility index (Phi) is 6.41. The zero-order valence-electron chi connectivity index (χ0n) is 13.6. The number of methoxy groups -OCH3 is 1. The molecule has 23 heavy (non-hydrogen) atoms. The van der Waals surface area contributed by atoms with E-state index in [0.717, 1.165) is 5.56 Å². The van der Waals surface area contributed by atoms with E-state index in [-0.39, 0.29) is 23.2 Å². The summed E-state index contributed by atoms with van der Waals surface area (Å²) in [7, 11) is 1.34. The van der Waals surface area contributed by atoms with Gasteiger partial charge in [-0.15, -0.1) is 11.8 Å². The first-order valence-electron chi connectivity index (χ1n) is 7.67. The zero-order valence-corrected chi connectivity index (χ0v) is 14.4. The lowest BCUT2D eigenvalue weighted by atomic mass is 10.0. The van der Waals surface area contributed by atoms with Crippen LogP contribution in [0.4, 0.5) is 0 Å². The lowest BCUT2D eigenvalue weighted by Gasteiger charge is -2.20. The number of ether oxygens (including phenoxy) is 1. The van der Waals surface area contributed by atoms with Crippen LogP contribution in [0.25, 0.3) is 0 Å². The van der Waals surface area contributed by atoms with Gasteiger partial charge >= 0.3 is 5.97 Å². The molecule has 6 nitrogen and oxygen atoms in total. The molecule has 1 amide bonds. The predicted molar refractivity (Wildman–Crippen MR) is 89.8 cm³/mol. The standard InChI is InChI=1S/C16H23N3O3S/c1-10(2)7-12(16(21)22-3)18-14(20)13-9-23-15(19-13)11-5-4-6-17-8-11/h4-6,8,10,12-13,15,19H,7,9H2,1-3H3,(H,18,20)/t12-,13?,15?/m0/s1. The van der Waals surface area contributed by atoms with Gasteiger partial charge in [0.25, 0.3) is 0 Å². The van der Waals surface area contributed by atoms with E-state index in [4.69, 9.17) is 4.74 Å². The molecular weight excluding hydrogens is 314 g/mol. The summed E-state index contributed by atoms with van der Waals surface area (Å²) < 4.78 is 4.78. The first-order chi connectivity index (χ1) is 11.0. The van der Waals surface area contributed by atoms with Crippen LogP contribution < -0.4 is 10.6 Å². The van der Waals surface area contributed by atoms with Gasteiger partial charge in [-0.3, -0.25) is 15.1 Å². The van der Waals surface area contributed by atoms with Gasteiger partial charge in [0.05, 0.1) is 18.5 Å². The maximum absolute atomic E-state index is 12.4. The highest BCUT2D eigenvalue weighted by atomic mass is 32.2. The number of carbonyl (C=O) groups is 2. The molecule has 0 bridgehead atoms. The topological polar surface area (TPSA) is 80.3 Å². The lowest BCUT2D eigenvalue weighted by Crippen LogP contribution is -2.50. The van der Waals surface area contributed by atoms with Gasteiger partial charge < -0.3 is 10.1 Å². The number of nitrogens with one attached hydrogen (secondary N) is 2. The van der Waals surface area contributed by atoms with Crippen molar-refractivity contribution in [1.82, 2.24) is 15.6 Å². The highest BCUT2D eigenvalue weighted by Gasteiger charge is 2.33. The van der Waals surface area contributed by atoms with Gasteiger partial charge in [-0.25, -0.2) is 4.79 Å². The van der Waals surface area contributed by atoms with E-state index >= 15 is 0 Å². The Morgan fingerprint density at radius 3 is 2.91 bits per heavy atom. The number of esters is 1. The fraction of sp³-hybridized carbons (Fsp3) is 0.562. The quantitative estimate of drug-likeness (QED) is 0.766. The second-order valence-electron chi connectivity index (χ2n) is 5.93.